The van der Waals surface area contributed by atoms with Crippen molar-refractivity contribution in [2.75, 3.05) is 13.2 Å². The fourth-order valence-electron chi connectivity index (χ4n) is 2.40. The van der Waals surface area contributed by atoms with Gasteiger partial charge in [0.05, 0.1) is 5.41 Å². The molecule has 0 heterocycles. The maximum atomic E-state index is 11.8. The zero-order valence-corrected chi connectivity index (χ0v) is 12.0. The average Bonchev–Trinajstić information content (AvgIpc) is 3.32. The van der Waals surface area contributed by atoms with E-state index in [0.29, 0.717) is 18.6 Å². The van der Waals surface area contributed by atoms with Crippen molar-refractivity contribution in [3.63, 3.8) is 0 Å². The second-order valence-corrected chi connectivity index (χ2v) is 5.63. The molecule has 0 unspecified atom stereocenters. The molecule has 1 fully saturated rings. The summed E-state index contributed by atoms with van der Waals surface area (Å²) in [6.45, 7) is 0.0454. The summed E-state index contributed by atoms with van der Waals surface area (Å²) in [7, 11) is 0. The van der Waals surface area contributed by atoms with Crippen molar-refractivity contribution >= 4 is 22.6 Å². The van der Waals surface area contributed by atoms with Gasteiger partial charge < -0.3 is 15.2 Å². The Morgan fingerprint density at radius 2 is 1.86 bits per heavy atom. The van der Waals surface area contributed by atoms with E-state index in [-0.39, 0.29) is 19.1 Å². The van der Waals surface area contributed by atoms with E-state index in [1.165, 1.54) is 0 Å². The molecule has 2 N–H and O–H groups in total. The van der Waals surface area contributed by atoms with E-state index in [9.17, 15) is 9.59 Å². The fraction of sp³-hybridized carbons (Fsp3) is 0.294. The summed E-state index contributed by atoms with van der Waals surface area (Å²) in [6, 6.07) is 13.4. The molecule has 3 rings (SSSR count). The first-order chi connectivity index (χ1) is 10.6. The molecule has 22 heavy (non-hydrogen) atoms. The predicted molar refractivity (Wildman–Crippen MR) is 81.8 cm³/mol. The molecule has 1 aliphatic carbocycles. The number of hydrogen-bond acceptors (Lipinski definition) is 3. The summed E-state index contributed by atoms with van der Waals surface area (Å²) in [6.07, 6.45) is 1.24. The van der Waals surface area contributed by atoms with Crippen LogP contribution in [0.25, 0.3) is 10.8 Å². The third-order valence-corrected chi connectivity index (χ3v) is 4.04. The van der Waals surface area contributed by atoms with Crippen molar-refractivity contribution in [3.8, 4) is 5.75 Å². The Labute approximate surface area is 127 Å². The van der Waals surface area contributed by atoms with E-state index >= 15 is 0 Å². The van der Waals surface area contributed by atoms with E-state index in [4.69, 9.17) is 9.84 Å². The van der Waals surface area contributed by atoms with Gasteiger partial charge >= 0.3 is 5.97 Å². The van der Waals surface area contributed by atoms with E-state index in [1.54, 1.807) is 0 Å². The quantitative estimate of drug-likeness (QED) is 0.857. The molecular formula is C17H17NO4. The minimum Gasteiger partial charge on any atom is -0.483 e. The van der Waals surface area contributed by atoms with Crippen LogP contribution in [-0.4, -0.2) is 30.1 Å². The van der Waals surface area contributed by atoms with E-state index in [2.05, 4.69) is 5.32 Å². The Balaban J connectivity index is 1.58. The Bertz CT molecular complexity index is 716. The summed E-state index contributed by atoms with van der Waals surface area (Å²) in [5.74, 6) is -0.504. The Hall–Kier alpha value is -2.56. The molecule has 1 amide bonds. The highest BCUT2D eigenvalue weighted by Gasteiger charge is 2.50. The van der Waals surface area contributed by atoms with Gasteiger partial charge in [-0.15, -0.1) is 0 Å². The lowest BCUT2D eigenvalue weighted by molar-refractivity contribution is -0.143. The molecule has 0 aliphatic heterocycles. The highest BCUT2D eigenvalue weighted by Crippen LogP contribution is 2.45. The molecule has 0 bridgehead atoms. The fourth-order valence-corrected chi connectivity index (χ4v) is 2.40. The molecule has 5 nitrogen and oxygen atoms in total. The highest BCUT2D eigenvalue weighted by atomic mass is 16.5. The Morgan fingerprint density at radius 3 is 2.59 bits per heavy atom. The Morgan fingerprint density at radius 1 is 1.14 bits per heavy atom. The van der Waals surface area contributed by atoms with Crippen LogP contribution in [-0.2, 0) is 9.59 Å². The van der Waals surface area contributed by atoms with Gasteiger partial charge in [-0.05, 0) is 24.3 Å². The topological polar surface area (TPSA) is 75.6 Å². The van der Waals surface area contributed by atoms with Crippen LogP contribution >= 0.6 is 0 Å². The van der Waals surface area contributed by atoms with Gasteiger partial charge in [0.15, 0.2) is 6.61 Å². The molecule has 2 aromatic carbocycles. The number of ether oxygens (including phenoxy) is 1. The van der Waals surface area contributed by atoms with Crippen LogP contribution in [0.1, 0.15) is 12.8 Å². The smallest absolute Gasteiger partial charge is 0.311 e. The van der Waals surface area contributed by atoms with Crippen LogP contribution in [0.5, 0.6) is 5.75 Å². The lowest BCUT2D eigenvalue weighted by atomic mass is 10.1. The van der Waals surface area contributed by atoms with Crippen LogP contribution in [0, 0.1) is 5.41 Å². The van der Waals surface area contributed by atoms with E-state index < -0.39 is 11.4 Å². The summed E-state index contributed by atoms with van der Waals surface area (Å²) in [5, 5.41) is 13.7. The second kappa shape index (κ2) is 5.67. The minimum atomic E-state index is -0.845. The van der Waals surface area contributed by atoms with Gasteiger partial charge in [-0.3, -0.25) is 9.59 Å². The molecule has 0 atom stereocenters. The van der Waals surface area contributed by atoms with Crippen LogP contribution < -0.4 is 10.1 Å². The monoisotopic (exact) mass is 299 g/mol. The average molecular weight is 299 g/mol. The first-order valence-electron chi connectivity index (χ1n) is 7.21. The van der Waals surface area contributed by atoms with Crippen molar-refractivity contribution in [2.24, 2.45) is 5.41 Å². The number of nitrogens with one attached hydrogen (secondary N) is 1. The molecule has 1 aliphatic rings. The molecular weight excluding hydrogens is 282 g/mol. The van der Waals surface area contributed by atoms with E-state index in [1.807, 2.05) is 42.5 Å². The van der Waals surface area contributed by atoms with Gasteiger partial charge in [0.1, 0.15) is 5.75 Å². The number of aliphatic carboxylic acids is 1. The molecule has 0 radical (unpaired) electrons. The number of carbonyl (C=O) groups excluding carboxylic acids is 1. The second-order valence-electron chi connectivity index (χ2n) is 5.63. The Kier molecular flexibility index (Phi) is 3.71. The van der Waals surface area contributed by atoms with Crippen molar-refractivity contribution in [3.05, 3.63) is 42.5 Å². The minimum absolute atomic E-state index is 0.121. The van der Waals surface area contributed by atoms with E-state index in [0.717, 1.165) is 10.8 Å². The van der Waals surface area contributed by atoms with Gasteiger partial charge in [-0.25, -0.2) is 0 Å². The number of rotatable bonds is 6. The van der Waals surface area contributed by atoms with Crippen LogP contribution in [0.3, 0.4) is 0 Å². The summed E-state index contributed by atoms with van der Waals surface area (Å²) in [5.41, 5.74) is -0.755. The maximum Gasteiger partial charge on any atom is 0.311 e. The lowest BCUT2D eigenvalue weighted by Gasteiger charge is -2.12. The third kappa shape index (κ3) is 2.88. The SMILES string of the molecule is O=C(COc1cccc2ccccc12)NCC1(C(=O)O)CC1. The third-order valence-electron chi connectivity index (χ3n) is 4.04. The summed E-state index contributed by atoms with van der Waals surface area (Å²) >= 11 is 0. The van der Waals surface area contributed by atoms with Crippen LogP contribution in [0.15, 0.2) is 42.5 Å². The first kappa shape index (κ1) is 14.4. The number of fused-ring (bicyclic) bond motifs is 1. The lowest BCUT2D eigenvalue weighted by Crippen LogP contribution is -2.36. The number of amides is 1. The van der Waals surface area contributed by atoms with Crippen molar-refractivity contribution < 1.29 is 19.4 Å². The van der Waals surface area contributed by atoms with Gasteiger partial charge in [-0.2, -0.15) is 0 Å². The summed E-state index contributed by atoms with van der Waals surface area (Å²) < 4.78 is 5.57. The van der Waals surface area contributed by atoms with Crippen molar-refractivity contribution in [1.29, 1.82) is 0 Å². The van der Waals surface area contributed by atoms with Crippen LogP contribution in [0.2, 0.25) is 0 Å². The van der Waals surface area contributed by atoms with Gasteiger partial charge in [0, 0.05) is 11.9 Å². The van der Waals surface area contributed by atoms with Crippen molar-refractivity contribution in [2.45, 2.75) is 12.8 Å². The molecule has 114 valence electrons. The zero-order valence-electron chi connectivity index (χ0n) is 12.0. The largest absolute Gasteiger partial charge is 0.483 e. The van der Waals surface area contributed by atoms with Crippen molar-refractivity contribution in [1.82, 2.24) is 5.32 Å². The number of benzene rings is 2. The van der Waals surface area contributed by atoms with Gasteiger partial charge in [0.2, 0.25) is 0 Å². The number of carboxylic acids is 1. The zero-order chi connectivity index (χ0) is 15.6. The molecule has 0 spiro atoms. The summed E-state index contributed by atoms with van der Waals surface area (Å²) in [4.78, 5) is 22.9. The standard InChI is InChI=1S/C17H17NO4/c19-15(18-11-17(8-9-17)16(20)21)10-22-14-7-3-5-12-4-1-2-6-13(12)14/h1-7H,8-11H2,(H,18,19)(H,20,21). The predicted octanol–water partition coefficient (Wildman–Crippen LogP) is 2.20. The normalized spacial score (nSPS) is 15.3. The first-order valence-corrected chi connectivity index (χ1v) is 7.21. The van der Waals surface area contributed by atoms with Gasteiger partial charge in [0.25, 0.3) is 5.91 Å². The maximum absolute atomic E-state index is 11.8. The molecule has 2 aromatic rings. The van der Waals surface area contributed by atoms with Gasteiger partial charge in [-0.1, -0.05) is 36.4 Å². The highest BCUT2D eigenvalue weighted by molar-refractivity contribution is 5.88. The molecule has 1 saturated carbocycles. The molecule has 0 saturated heterocycles. The number of carbonyl (C=O) groups is 2. The molecule has 5 heteroatoms. The number of hydrogen-bond donors (Lipinski definition) is 2. The number of carboxylic acid groups (broad SMARTS) is 1. The molecule has 0 aromatic heterocycles. The van der Waals surface area contributed by atoms with Crippen LogP contribution in [0.4, 0.5) is 0 Å².